The molecule has 0 bridgehead atoms. The van der Waals surface area contributed by atoms with Crippen molar-refractivity contribution in [3.63, 3.8) is 0 Å². The van der Waals surface area contributed by atoms with Crippen molar-refractivity contribution in [2.75, 3.05) is 40.8 Å². The fourth-order valence-corrected chi connectivity index (χ4v) is 2.83. The summed E-state index contributed by atoms with van der Waals surface area (Å²) in [4.78, 5) is 19.8. The molecular formula is C19H30N4O2. The number of likely N-dealkylation sites (N-methyl/N-ethyl adjacent to an activating group) is 1. The molecule has 1 fully saturated rings. The molecular weight excluding hydrogens is 316 g/mol. The van der Waals surface area contributed by atoms with Gasteiger partial charge in [0.05, 0.1) is 0 Å². The molecule has 2 rings (SSSR count). The van der Waals surface area contributed by atoms with Crippen LogP contribution < -0.4 is 10.1 Å². The van der Waals surface area contributed by atoms with Gasteiger partial charge >= 0.3 is 0 Å². The molecule has 0 aromatic heterocycles. The zero-order chi connectivity index (χ0) is 18.4. The summed E-state index contributed by atoms with van der Waals surface area (Å²) < 4.78 is 5.57. The lowest BCUT2D eigenvalue weighted by Gasteiger charge is -2.23. The molecule has 1 saturated heterocycles. The summed E-state index contributed by atoms with van der Waals surface area (Å²) >= 11 is 0. The molecule has 1 aliphatic rings. The Kier molecular flexibility index (Phi) is 6.28. The fourth-order valence-electron chi connectivity index (χ4n) is 2.83. The van der Waals surface area contributed by atoms with Crippen LogP contribution in [0.1, 0.15) is 25.8 Å². The third kappa shape index (κ3) is 5.66. The van der Waals surface area contributed by atoms with E-state index in [0.29, 0.717) is 17.7 Å². The van der Waals surface area contributed by atoms with Gasteiger partial charge in [0, 0.05) is 40.8 Å². The fraction of sp³-hybridized carbons (Fsp3) is 0.579. The van der Waals surface area contributed by atoms with Crippen molar-refractivity contribution in [2.45, 2.75) is 26.8 Å². The predicted molar refractivity (Wildman–Crippen MR) is 101 cm³/mol. The van der Waals surface area contributed by atoms with Crippen molar-refractivity contribution in [3.8, 4) is 5.75 Å². The van der Waals surface area contributed by atoms with E-state index in [9.17, 15) is 4.79 Å². The molecule has 1 heterocycles. The molecule has 1 aromatic rings. The highest BCUT2D eigenvalue weighted by molar-refractivity contribution is 5.80. The van der Waals surface area contributed by atoms with Crippen molar-refractivity contribution >= 4 is 11.9 Å². The van der Waals surface area contributed by atoms with Crippen LogP contribution in [0.25, 0.3) is 0 Å². The molecule has 138 valence electrons. The van der Waals surface area contributed by atoms with Crippen LogP contribution in [0.2, 0.25) is 0 Å². The number of benzene rings is 1. The van der Waals surface area contributed by atoms with Gasteiger partial charge in [-0.3, -0.25) is 9.79 Å². The first-order chi connectivity index (χ1) is 11.8. The first-order valence-electron chi connectivity index (χ1n) is 8.68. The number of likely N-dealkylation sites (tertiary alicyclic amines) is 1. The topological polar surface area (TPSA) is 57.2 Å². The number of rotatable bonds is 5. The molecule has 1 amide bonds. The molecule has 1 aliphatic heterocycles. The van der Waals surface area contributed by atoms with Gasteiger partial charge in [-0.2, -0.15) is 0 Å². The molecule has 0 spiro atoms. The number of carbonyl (C=O) groups is 1. The minimum atomic E-state index is -0.0550. The van der Waals surface area contributed by atoms with Crippen LogP contribution in [0.3, 0.4) is 0 Å². The Balaban J connectivity index is 1.90. The summed E-state index contributed by atoms with van der Waals surface area (Å²) in [6.07, 6.45) is 1.18. The van der Waals surface area contributed by atoms with Crippen LogP contribution in [-0.2, 0) is 11.3 Å². The van der Waals surface area contributed by atoms with Crippen LogP contribution in [0.15, 0.2) is 29.3 Å². The molecule has 0 aliphatic carbocycles. The Morgan fingerprint density at radius 1 is 1.40 bits per heavy atom. The number of carbonyl (C=O) groups excluding carboxylic acids is 1. The van der Waals surface area contributed by atoms with E-state index in [1.54, 1.807) is 14.1 Å². The summed E-state index contributed by atoms with van der Waals surface area (Å²) in [5, 5.41) is 3.42. The van der Waals surface area contributed by atoms with Crippen molar-refractivity contribution in [1.29, 1.82) is 0 Å². The van der Waals surface area contributed by atoms with Gasteiger partial charge in [0.1, 0.15) is 5.75 Å². The number of hydrogen-bond acceptors (Lipinski definition) is 3. The number of guanidine groups is 1. The molecule has 0 saturated carbocycles. The second-order valence-corrected chi connectivity index (χ2v) is 7.46. The molecule has 1 aromatic carbocycles. The smallest absolute Gasteiger partial charge is 0.259 e. The lowest BCUT2D eigenvalue weighted by atomic mass is 9.93. The molecule has 0 radical (unpaired) electrons. The zero-order valence-electron chi connectivity index (χ0n) is 16.0. The van der Waals surface area contributed by atoms with Gasteiger partial charge < -0.3 is 19.9 Å². The predicted octanol–water partition coefficient (Wildman–Crippen LogP) is 1.96. The highest BCUT2D eigenvalue weighted by atomic mass is 16.5. The van der Waals surface area contributed by atoms with E-state index in [1.807, 2.05) is 31.3 Å². The Hall–Kier alpha value is -2.24. The SMILES string of the molecule is CN=C(NCc1cccc(OCC(=O)N(C)C)c1)N1CCC(C)(C)C1. The monoisotopic (exact) mass is 346 g/mol. The second kappa shape index (κ2) is 8.23. The van der Waals surface area contributed by atoms with Crippen LogP contribution in [0.5, 0.6) is 5.75 Å². The largest absolute Gasteiger partial charge is 0.484 e. The van der Waals surface area contributed by atoms with Gasteiger partial charge in [-0.05, 0) is 29.5 Å². The maximum atomic E-state index is 11.6. The molecule has 6 heteroatoms. The number of aliphatic imine (C=N–C) groups is 1. The molecule has 0 atom stereocenters. The van der Waals surface area contributed by atoms with E-state index in [1.165, 1.54) is 11.3 Å². The van der Waals surface area contributed by atoms with E-state index in [-0.39, 0.29) is 12.5 Å². The van der Waals surface area contributed by atoms with Crippen molar-refractivity contribution in [3.05, 3.63) is 29.8 Å². The molecule has 0 unspecified atom stereocenters. The molecule has 25 heavy (non-hydrogen) atoms. The van der Waals surface area contributed by atoms with Crippen LogP contribution in [0, 0.1) is 5.41 Å². The van der Waals surface area contributed by atoms with E-state index in [4.69, 9.17) is 4.74 Å². The van der Waals surface area contributed by atoms with E-state index in [2.05, 4.69) is 29.1 Å². The third-order valence-electron chi connectivity index (χ3n) is 4.40. The minimum absolute atomic E-state index is 0.0500. The average molecular weight is 346 g/mol. The van der Waals surface area contributed by atoms with Crippen LogP contribution in [0.4, 0.5) is 0 Å². The highest BCUT2D eigenvalue weighted by Crippen LogP contribution is 2.28. The summed E-state index contributed by atoms with van der Waals surface area (Å²) in [6.45, 7) is 7.34. The number of ether oxygens (including phenoxy) is 1. The third-order valence-corrected chi connectivity index (χ3v) is 4.40. The highest BCUT2D eigenvalue weighted by Gasteiger charge is 2.30. The number of amides is 1. The standard InChI is InChI=1S/C19H30N4O2/c1-19(2)9-10-23(14-19)18(20-3)21-12-15-7-6-8-16(11-15)25-13-17(24)22(4)5/h6-8,11H,9-10,12-14H2,1-5H3,(H,20,21). The Labute approximate surface area is 150 Å². The summed E-state index contributed by atoms with van der Waals surface area (Å²) in [6, 6.07) is 7.80. The van der Waals surface area contributed by atoms with E-state index in [0.717, 1.165) is 24.6 Å². The zero-order valence-corrected chi connectivity index (χ0v) is 16.0. The summed E-state index contributed by atoms with van der Waals surface area (Å²) in [5.74, 6) is 1.58. The maximum Gasteiger partial charge on any atom is 0.259 e. The minimum Gasteiger partial charge on any atom is -0.484 e. The Morgan fingerprint density at radius 3 is 2.76 bits per heavy atom. The number of hydrogen-bond donors (Lipinski definition) is 1. The maximum absolute atomic E-state index is 11.6. The van der Waals surface area contributed by atoms with E-state index >= 15 is 0 Å². The van der Waals surface area contributed by atoms with Crippen molar-refractivity contribution < 1.29 is 9.53 Å². The number of nitrogens with zero attached hydrogens (tertiary/aromatic N) is 3. The summed E-state index contributed by atoms with van der Waals surface area (Å²) in [5.41, 5.74) is 1.43. The van der Waals surface area contributed by atoms with Gasteiger partial charge in [-0.1, -0.05) is 26.0 Å². The lowest BCUT2D eigenvalue weighted by molar-refractivity contribution is -0.130. The first-order valence-corrected chi connectivity index (χ1v) is 8.68. The molecule has 6 nitrogen and oxygen atoms in total. The Bertz CT molecular complexity index is 626. The second-order valence-electron chi connectivity index (χ2n) is 7.46. The Morgan fingerprint density at radius 2 is 2.16 bits per heavy atom. The van der Waals surface area contributed by atoms with Crippen LogP contribution >= 0.6 is 0 Å². The van der Waals surface area contributed by atoms with Crippen molar-refractivity contribution in [1.82, 2.24) is 15.1 Å². The van der Waals surface area contributed by atoms with Crippen LogP contribution in [-0.4, -0.2) is 62.5 Å². The van der Waals surface area contributed by atoms with Gasteiger partial charge in [-0.15, -0.1) is 0 Å². The quantitative estimate of drug-likeness (QED) is 0.654. The average Bonchev–Trinajstić information content (AvgIpc) is 2.93. The normalized spacial score (nSPS) is 16.7. The van der Waals surface area contributed by atoms with Gasteiger partial charge in [0.15, 0.2) is 12.6 Å². The van der Waals surface area contributed by atoms with Crippen molar-refractivity contribution in [2.24, 2.45) is 10.4 Å². The van der Waals surface area contributed by atoms with Gasteiger partial charge in [0.2, 0.25) is 0 Å². The number of nitrogens with one attached hydrogen (secondary N) is 1. The first kappa shape index (κ1) is 19.1. The lowest BCUT2D eigenvalue weighted by Crippen LogP contribution is -2.40. The van der Waals surface area contributed by atoms with Gasteiger partial charge in [-0.25, -0.2) is 0 Å². The van der Waals surface area contributed by atoms with Gasteiger partial charge in [0.25, 0.3) is 5.91 Å². The summed E-state index contributed by atoms with van der Waals surface area (Å²) in [7, 11) is 5.26. The molecule has 1 N–H and O–H groups in total. The van der Waals surface area contributed by atoms with E-state index < -0.39 is 0 Å².